The monoisotopic (exact) mass is 221 g/mol. The molecule has 2 aromatic rings. The second-order valence-corrected chi connectivity index (χ2v) is 3.17. The van der Waals surface area contributed by atoms with Crippen LogP contribution in [-0.2, 0) is 11.5 Å². The van der Waals surface area contributed by atoms with Crippen LogP contribution in [0.25, 0.3) is 10.9 Å². The molecule has 0 saturated heterocycles. The van der Waals surface area contributed by atoms with Crippen molar-refractivity contribution in [1.29, 1.82) is 0 Å². The first-order chi connectivity index (χ1) is 7.83. The van der Waals surface area contributed by atoms with Crippen LogP contribution in [0.3, 0.4) is 0 Å². The van der Waals surface area contributed by atoms with Crippen molar-refractivity contribution in [3.63, 3.8) is 0 Å². The zero-order chi connectivity index (χ0) is 11.4. The predicted molar refractivity (Wildman–Crippen MR) is 56.8 cm³/mol. The summed E-state index contributed by atoms with van der Waals surface area (Å²) in [5.74, 6) is 0. The lowest BCUT2D eigenvalue weighted by Crippen LogP contribution is -2.25. The highest BCUT2D eigenvalue weighted by Crippen LogP contribution is 2.02. The van der Waals surface area contributed by atoms with Gasteiger partial charge in [0.2, 0.25) is 0 Å². The van der Waals surface area contributed by atoms with Crippen molar-refractivity contribution in [3.8, 4) is 0 Å². The number of rotatable bonds is 4. The van der Waals surface area contributed by atoms with Crippen molar-refractivity contribution in [2.24, 2.45) is 0 Å². The molecule has 16 heavy (non-hydrogen) atoms. The Morgan fingerprint density at radius 1 is 1.38 bits per heavy atom. The number of benzene rings is 1. The minimum Gasteiger partial charge on any atom is -0.394 e. The van der Waals surface area contributed by atoms with Gasteiger partial charge >= 0.3 is 0 Å². The number of aromatic nitrogens is 3. The molecular weight excluding hydrogens is 210 g/mol. The van der Waals surface area contributed by atoms with E-state index in [2.05, 4.69) is 10.3 Å². The second-order valence-electron chi connectivity index (χ2n) is 3.17. The van der Waals surface area contributed by atoms with Gasteiger partial charge in [-0.25, -0.2) is 0 Å². The summed E-state index contributed by atoms with van der Waals surface area (Å²) in [5, 5.41) is 16.7. The molecule has 0 amide bonds. The van der Waals surface area contributed by atoms with Crippen molar-refractivity contribution < 1.29 is 9.84 Å². The van der Waals surface area contributed by atoms with Crippen LogP contribution in [0.2, 0.25) is 0 Å². The largest absolute Gasteiger partial charge is 0.394 e. The topological polar surface area (TPSA) is 77.2 Å². The molecule has 0 atom stereocenters. The van der Waals surface area contributed by atoms with Crippen LogP contribution in [0.4, 0.5) is 0 Å². The highest BCUT2D eigenvalue weighted by Gasteiger charge is 2.03. The molecule has 0 spiro atoms. The summed E-state index contributed by atoms with van der Waals surface area (Å²) in [6.45, 7) is 0.0773. The van der Waals surface area contributed by atoms with Crippen molar-refractivity contribution in [1.82, 2.24) is 15.0 Å². The standard InChI is InChI=1S/C10H11N3O3/c14-5-6-16-7-13-10(15)8-3-1-2-4-9(8)11-12-13/h1-4,14H,5-7H2. The first kappa shape index (κ1) is 10.7. The summed E-state index contributed by atoms with van der Waals surface area (Å²) < 4.78 is 6.13. The summed E-state index contributed by atoms with van der Waals surface area (Å²) in [6.07, 6.45) is 0. The van der Waals surface area contributed by atoms with E-state index in [0.29, 0.717) is 10.9 Å². The average molecular weight is 221 g/mol. The van der Waals surface area contributed by atoms with Crippen LogP contribution in [0.5, 0.6) is 0 Å². The van der Waals surface area contributed by atoms with E-state index in [1.807, 2.05) is 0 Å². The van der Waals surface area contributed by atoms with E-state index in [4.69, 9.17) is 9.84 Å². The molecule has 2 rings (SSSR count). The van der Waals surface area contributed by atoms with Gasteiger partial charge in [-0.2, -0.15) is 4.68 Å². The first-order valence-corrected chi connectivity index (χ1v) is 4.84. The molecule has 0 aliphatic heterocycles. The van der Waals surface area contributed by atoms with Crippen molar-refractivity contribution in [3.05, 3.63) is 34.6 Å². The molecule has 1 aromatic carbocycles. The molecule has 84 valence electrons. The zero-order valence-corrected chi connectivity index (χ0v) is 8.54. The van der Waals surface area contributed by atoms with E-state index in [0.717, 1.165) is 4.68 Å². The fourth-order valence-corrected chi connectivity index (χ4v) is 1.32. The lowest BCUT2D eigenvalue weighted by molar-refractivity contribution is 0.0381. The molecule has 6 heteroatoms. The first-order valence-electron chi connectivity index (χ1n) is 4.84. The number of hydrogen-bond acceptors (Lipinski definition) is 5. The van der Waals surface area contributed by atoms with Gasteiger partial charge in [0.25, 0.3) is 5.56 Å². The number of nitrogens with zero attached hydrogens (tertiary/aromatic N) is 3. The maximum Gasteiger partial charge on any atom is 0.279 e. The molecule has 0 radical (unpaired) electrons. The lowest BCUT2D eigenvalue weighted by atomic mass is 10.2. The Labute approximate surface area is 91.1 Å². The summed E-state index contributed by atoms with van der Waals surface area (Å²) >= 11 is 0. The Morgan fingerprint density at radius 2 is 2.19 bits per heavy atom. The molecule has 6 nitrogen and oxygen atoms in total. The summed E-state index contributed by atoms with van der Waals surface area (Å²) in [7, 11) is 0. The summed E-state index contributed by atoms with van der Waals surface area (Å²) in [4.78, 5) is 11.8. The van der Waals surface area contributed by atoms with Gasteiger partial charge < -0.3 is 9.84 Å². The third kappa shape index (κ3) is 2.07. The maximum absolute atomic E-state index is 11.8. The van der Waals surface area contributed by atoms with Gasteiger partial charge in [-0.1, -0.05) is 17.3 Å². The van der Waals surface area contributed by atoms with Gasteiger partial charge in [-0.05, 0) is 12.1 Å². The van der Waals surface area contributed by atoms with Gasteiger partial charge in [0.1, 0.15) is 12.2 Å². The van der Waals surface area contributed by atoms with Crippen LogP contribution in [-0.4, -0.2) is 33.3 Å². The number of aliphatic hydroxyl groups excluding tert-OH is 1. The quantitative estimate of drug-likeness (QED) is 0.721. The van der Waals surface area contributed by atoms with E-state index >= 15 is 0 Å². The number of ether oxygens (including phenoxy) is 1. The van der Waals surface area contributed by atoms with Crippen molar-refractivity contribution >= 4 is 10.9 Å². The minimum atomic E-state index is -0.247. The number of aliphatic hydroxyl groups is 1. The Kier molecular flexibility index (Phi) is 3.23. The molecular formula is C10H11N3O3. The number of hydrogen-bond donors (Lipinski definition) is 1. The molecule has 0 fully saturated rings. The Morgan fingerprint density at radius 3 is 3.00 bits per heavy atom. The molecule has 0 unspecified atom stereocenters. The van der Waals surface area contributed by atoms with E-state index in [-0.39, 0.29) is 25.5 Å². The fraction of sp³-hybridized carbons (Fsp3) is 0.300. The van der Waals surface area contributed by atoms with Crippen LogP contribution in [0, 0.1) is 0 Å². The molecule has 1 aromatic heterocycles. The Hall–Kier alpha value is -1.79. The van der Waals surface area contributed by atoms with Gasteiger partial charge in [0.05, 0.1) is 18.6 Å². The van der Waals surface area contributed by atoms with Crippen LogP contribution in [0.15, 0.2) is 29.1 Å². The molecule has 1 N–H and O–H groups in total. The van der Waals surface area contributed by atoms with Crippen molar-refractivity contribution in [2.45, 2.75) is 6.73 Å². The number of fused-ring (bicyclic) bond motifs is 1. The van der Waals surface area contributed by atoms with Gasteiger partial charge in [0, 0.05) is 0 Å². The fourth-order valence-electron chi connectivity index (χ4n) is 1.32. The second kappa shape index (κ2) is 4.82. The molecule has 0 aliphatic rings. The highest BCUT2D eigenvalue weighted by atomic mass is 16.5. The SMILES string of the molecule is O=c1c2ccccc2nnn1COCCO. The summed E-state index contributed by atoms with van der Waals surface area (Å²) in [5.41, 5.74) is 0.314. The molecule has 0 saturated carbocycles. The summed E-state index contributed by atoms with van der Waals surface area (Å²) in [6, 6.07) is 6.98. The smallest absolute Gasteiger partial charge is 0.279 e. The van der Waals surface area contributed by atoms with E-state index in [1.54, 1.807) is 24.3 Å². The predicted octanol–water partition coefficient (Wildman–Crippen LogP) is -0.242. The van der Waals surface area contributed by atoms with Crippen LogP contribution < -0.4 is 5.56 Å². The normalized spacial score (nSPS) is 10.8. The zero-order valence-electron chi connectivity index (χ0n) is 8.54. The van der Waals surface area contributed by atoms with Crippen LogP contribution >= 0.6 is 0 Å². The van der Waals surface area contributed by atoms with Crippen LogP contribution in [0.1, 0.15) is 0 Å². The maximum atomic E-state index is 11.8. The third-order valence-corrected chi connectivity index (χ3v) is 2.08. The highest BCUT2D eigenvalue weighted by molar-refractivity contribution is 5.76. The van der Waals surface area contributed by atoms with E-state index in [1.165, 1.54) is 0 Å². The third-order valence-electron chi connectivity index (χ3n) is 2.08. The van der Waals surface area contributed by atoms with Gasteiger partial charge in [0.15, 0.2) is 0 Å². The molecule has 0 bridgehead atoms. The van der Waals surface area contributed by atoms with E-state index in [9.17, 15) is 4.79 Å². The molecule has 1 heterocycles. The van der Waals surface area contributed by atoms with Gasteiger partial charge in [-0.15, -0.1) is 5.10 Å². The molecule has 0 aliphatic carbocycles. The lowest BCUT2D eigenvalue weighted by Gasteiger charge is -2.04. The van der Waals surface area contributed by atoms with Gasteiger partial charge in [-0.3, -0.25) is 4.79 Å². The average Bonchev–Trinajstić information content (AvgIpc) is 2.33. The Balaban J connectivity index is 2.33. The van der Waals surface area contributed by atoms with E-state index < -0.39 is 0 Å². The Bertz CT molecular complexity index is 538. The van der Waals surface area contributed by atoms with Crippen molar-refractivity contribution in [2.75, 3.05) is 13.2 Å². The minimum absolute atomic E-state index is 0.00275.